The molecular weight excluding hydrogens is 488 g/mol. The second-order valence-electron chi connectivity index (χ2n) is 10.9. The molecule has 228 valence electrons. The topological polar surface area (TPSA) is 72.8 Å². The van der Waals surface area contributed by atoms with Crippen LogP contribution in [0.15, 0.2) is 24.3 Å². The van der Waals surface area contributed by atoms with Crippen molar-refractivity contribution < 1.29 is 24.2 Å². The third kappa shape index (κ3) is 29.2. The molecule has 0 heterocycles. The van der Waals surface area contributed by atoms with E-state index >= 15 is 0 Å². The number of allylic oxidation sites excluding steroid dienone is 4. The van der Waals surface area contributed by atoms with Gasteiger partial charge in [0, 0.05) is 12.8 Å². The number of hydrogen-bond donors (Lipinski definition) is 1. The Kier molecular flexibility index (Phi) is 29.6. The van der Waals surface area contributed by atoms with Gasteiger partial charge in [0.1, 0.15) is 6.61 Å². The van der Waals surface area contributed by atoms with Crippen LogP contribution in [0.2, 0.25) is 0 Å². The van der Waals surface area contributed by atoms with E-state index in [1.165, 1.54) is 83.5 Å². The molecule has 0 aromatic carbocycles. The van der Waals surface area contributed by atoms with Gasteiger partial charge >= 0.3 is 11.9 Å². The third-order valence-electron chi connectivity index (χ3n) is 6.97. The van der Waals surface area contributed by atoms with Crippen molar-refractivity contribution in [1.82, 2.24) is 0 Å². The summed E-state index contributed by atoms with van der Waals surface area (Å²) in [6, 6.07) is 0. The monoisotopic (exact) mass is 550 g/mol. The highest BCUT2D eigenvalue weighted by atomic mass is 16.6. The maximum absolute atomic E-state index is 12.1. The van der Waals surface area contributed by atoms with Crippen molar-refractivity contribution in [3.8, 4) is 0 Å². The minimum atomic E-state index is -0.773. The maximum Gasteiger partial charge on any atom is 0.306 e. The molecule has 0 saturated heterocycles. The first kappa shape index (κ1) is 37.4. The molecule has 1 N–H and O–H groups in total. The van der Waals surface area contributed by atoms with Crippen LogP contribution >= 0.6 is 0 Å². The van der Waals surface area contributed by atoms with E-state index in [1.54, 1.807) is 0 Å². The predicted octanol–water partition coefficient (Wildman–Crippen LogP) is 9.56. The molecule has 0 aliphatic carbocycles. The summed E-state index contributed by atoms with van der Waals surface area (Å²) in [5.74, 6) is -0.614. The standard InChI is InChI=1S/C34H62O5/c1-3-5-7-9-11-13-15-16-17-19-21-23-25-27-29-34(37)39-32(30-35)31-38-33(36)28-26-24-22-20-18-14-12-10-8-6-4-2/h10,12,15-16,32,35H,3-9,11,13-14,17-31H2,1-2H3/b12-10-,16-15-/t32-/m0/s1. The van der Waals surface area contributed by atoms with Gasteiger partial charge in [-0.05, 0) is 57.8 Å². The average Bonchev–Trinajstić information content (AvgIpc) is 2.94. The van der Waals surface area contributed by atoms with Crippen molar-refractivity contribution >= 4 is 11.9 Å². The number of rotatable bonds is 29. The Labute approximate surface area is 241 Å². The van der Waals surface area contributed by atoms with Crippen molar-refractivity contribution in [1.29, 1.82) is 0 Å². The molecule has 0 aliphatic heterocycles. The number of aliphatic hydroxyl groups is 1. The fourth-order valence-electron chi connectivity index (χ4n) is 4.41. The minimum absolute atomic E-state index is 0.0717. The molecule has 0 aromatic heterocycles. The number of unbranched alkanes of at least 4 members (excludes halogenated alkanes) is 17. The van der Waals surface area contributed by atoms with E-state index in [9.17, 15) is 14.7 Å². The highest BCUT2D eigenvalue weighted by Crippen LogP contribution is 2.11. The predicted molar refractivity (Wildman–Crippen MR) is 164 cm³/mol. The van der Waals surface area contributed by atoms with Gasteiger partial charge in [-0.25, -0.2) is 0 Å². The van der Waals surface area contributed by atoms with Crippen molar-refractivity contribution in [2.45, 2.75) is 168 Å². The van der Waals surface area contributed by atoms with Crippen molar-refractivity contribution in [3.05, 3.63) is 24.3 Å². The number of aliphatic hydroxyl groups excluding tert-OH is 1. The molecule has 0 radical (unpaired) electrons. The smallest absolute Gasteiger partial charge is 0.306 e. The number of esters is 2. The molecule has 0 aromatic rings. The Hall–Kier alpha value is -1.62. The zero-order chi connectivity index (χ0) is 28.7. The SMILES string of the molecule is CCCC/C=C\CCCCCCCC(=O)OC[C@H](CO)OC(=O)CCCCCCC/C=C\CCCCCCC. The van der Waals surface area contributed by atoms with Gasteiger partial charge in [0.2, 0.25) is 0 Å². The van der Waals surface area contributed by atoms with Crippen LogP contribution in [0.4, 0.5) is 0 Å². The summed E-state index contributed by atoms with van der Waals surface area (Å²) in [6.45, 7) is 4.05. The molecule has 5 heteroatoms. The van der Waals surface area contributed by atoms with E-state index in [0.29, 0.717) is 12.8 Å². The Balaban J connectivity index is 3.61. The maximum atomic E-state index is 12.1. The first-order valence-electron chi connectivity index (χ1n) is 16.4. The Morgan fingerprint density at radius 2 is 0.974 bits per heavy atom. The molecule has 0 bridgehead atoms. The van der Waals surface area contributed by atoms with Crippen LogP contribution in [-0.2, 0) is 19.1 Å². The normalized spacial score (nSPS) is 12.4. The van der Waals surface area contributed by atoms with Crippen molar-refractivity contribution in [2.24, 2.45) is 0 Å². The van der Waals surface area contributed by atoms with E-state index in [1.807, 2.05) is 0 Å². The average molecular weight is 551 g/mol. The number of carbonyl (C=O) groups is 2. The molecule has 0 saturated carbocycles. The molecule has 0 fully saturated rings. The first-order chi connectivity index (χ1) is 19.1. The Bertz CT molecular complexity index is 598. The Morgan fingerprint density at radius 1 is 0.564 bits per heavy atom. The largest absolute Gasteiger partial charge is 0.462 e. The summed E-state index contributed by atoms with van der Waals surface area (Å²) in [4.78, 5) is 24.0. The summed E-state index contributed by atoms with van der Waals surface area (Å²) in [7, 11) is 0. The van der Waals surface area contributed by atoms with Gasteiger partial charge < -0.3 is 14.6 Å². The van der Waals surface area contributed by atoms with Crippen LogP contribution < -0.4 is 0 Å². The molecule has 0 spiro atoms. The molecule has 1 atom stereocenters. The third-order valence-corrected chi connectivity index (χ3v) is 6.97. The van der Waals surface area contributed by atoms with E-state index in [4.69, 9.17) is 9.47 Å². The van der Waals surface area contributed by atoms with E-state index in [0.717, 1.165) is 51.4 Å². The van der Waals surface area contributed by atoms with Crippen LogP contribution in [0.5, 0.6) is 0 Å². The summed E-state index contributed by atoms with van der Waals surface area (Å²) in [5.41, 5.74) is 0. The van der Waals surface area contributed by atoms with Crippen LogP contribution in [-0.4, -0.2) is 36.4 Å². The number of hydrogen-bond acceptors (Lipinski definition) is 5. The highest BCUT2D eigenvalue weighted by molar-refractivity contribution is 5.70. The zero-order valence-electron chi connectivity index (χ0n) is 25.6. The highest BCUT2D eigenvalue weighted by Gasteiger charge is 2.16. The second-order valence-corrected chi connectivity index (χ2v) is 10.9. The van der Waals surface area contributed by atoms with E-state index in [-0.39, 0.29) is 25.2 Å². The lowest BCUT2D eigenvalue weighted by atomic mass is 10.1. The summed E-state index contributed by atoms with van der Waals surface area (Å²) >= 11 is 0. The molecule has 0 rings (SSSR count). The van der Waals surface area contributed by atoms with Crippen LogP contribution in [0.1, 0.15) is 162 Å². The molecule has 0 aliphatic rings. The molecule has 5 nitrogen and oxygen atoms in total. The van der Waals surface area contributed by atoms with Crippen LogP contribution in [0.3, 0.4) is 0 Å². The fraction of sp³-hybridized carbons (Fsp3) is 0.824. The van der Waals surface area contributed by atoms with Gasteiger partial charge in [-0.1, -0.05) is 115 Å². The van der Waals surface area contributed by atoms with Gasteiger partial charge in [-0.3, -0.25) is 9.59 Å². The van der Waals surface area contributed by atoms with Gasteiger partial charge in [0.25, 0.3) is 0 Å². The number of ether oxygens (including phenoxy) is 2. The van der Waals surface area contributed by atoms with Crippen LogP contribution in [0.25, 0.3) is 0 Å². The zero-order valence-corrected chi connectivity index (χ0v) is 25.6. The van der Waals surface area contributed by atoms with Gasteiger partial charge in [0.15, 0.2) is 6.10 Å². The second kappa shape index (κ2) is 30.9. The summed E-state index contributed by atoms with van der Waals surface area (Å²) in [6.07, 6.45) is 33.7. The molecule has 0 amide bonds. The molecule has 39 heavy (non-hydrogen) atoms. The lowest BCUT2D eigenvalue weighted by molar-refractivity contribution is -0.161. The lowest BCUT2D eigenvalue weighted by Gasteiger charge is -2.15. The Morgan fingerprint density at radius 3 is 1.46 bits per heavy atom. The summed E-state index contributed by atoms with van der Waals surface area (Å²) < 4.78 is 10.5. The van der Waals surface area contributed by atoms with Crippen LogP contribution in [0, 0.1) is 0 Å². The van der Waals surface area contributed by atoms with Gasteiger partial charge in [-0.2, -0.15) is 0 Å². The summed E-state index contributed by atoms with van der Waals surface area (Å²) in [5, 5.41) is 9.48. The van der Waals surface area contributed by atoms with Gasteiger partial charge in [0.05, 0.1) is 6.61 Å². The fourth-order valence-corrected chi connectivity index (χ4v) is 4.41. The van der Waals surface area contributed by atoms with E-state index in [2.05, 4.69) is 38.2 Å². The van der Waals surface area contributed by atoms with Gasteiger partial charge in [-0.15, -0.1) is 0 Å². The lowest BCUT2D eigenvalue weighted by Crippen LogP contribution is -2.28. The van der Waals surface area contributed by atoms with Crippen molar-refractivity contribution in [3.63, 3.8) is 0 Å². The van der Waals surface area contributed by atoms with E-state index < -0.39 is 6.10 Å². The molecule has 0 unspecified atom stereocenters. The molecular formula is C34H62O5. The minimum Gasteiger partial charge on any atom is -0.462 e. The first-order valence-corrected chi connectivity index (χ1v) is 16.4. The van der Waals surface area contributed by atoms with Crippen molar-refractivity contribution in [2.75, 3.05) is 13.2 Å². The number of carbonyl (C=O) groups excluding carboxylic acids is 2. The quantitative estimate of drug-likeness (QED) is 0.0570.